The van der Waals surface area contributed by atoms with Crippen LogP contribution in [0.15, 0.2) is 42.5 Å². The summed E-state index contributed by atoms with van der Waals surface area (Å²) in [7, 11) is 1.56. The Bertz CT molecular complexity index is 1130. The zero-order chi connectivity index (χ0) is 21.3. The third kappa shape index (κ3) is 3.77. The van der Waals surface area contributed by atoms with Gasteiger partial charge in [0.15, 0.2) is 5.78 Å². The lowest BCUT2D eigenvalue weighted by Gasteiger charge is -2.32. The number of Topliss-reactive ketones (excluding diaryl/α,β-unsaturated/α-hetero) is 1. The first kappa shape index (κ1) is 20.0. The van der Waals surface area contributed by atoms with Gasteiger partial charge in [-0.2, -0.15) is 0 Å². The molecule has 30 heavy (non-hydrogen) atoms. The van der Waals surface area contributed by atoms with E-state index in [4.69, 9.17) is 4.74 Å². The van der Waals surface area contributed by atoms with Crippen LogP contribution in [0.25, 0.3) is 11.0 Å². The summed E-state index contributed by atoms with van der Waals surface area (Å²) in [4.78, 5) is 37.1. The Labute approximate surface area is 175 Å². The number of para-hydroxylation sites is 1. The first-order chi connectivity index (χ1) is 14.5. The molecule has 1 aromatic heterocycles. The number of amides is 1. The van der Waals surface area contributed by atoms with Crippen LogP contribution in [0.1, 0.15) is 44.9 Å². The highest BCUT2D eigenvalue weighted by Gasteiger charge is 2.30. The molecule has 1 fully saturated rings. The second-order valence-electron chi connectivity index (χ2n) is 7.75. The zero-order valence-electron chi connectivity index (χ0n) is 17.5. The Balaban J connectivity index is 1.55. The number of hydrogen-bond donors (Lipinski definition) is 0. The van der Waals surface area contributed by atoms with Gasteiger partial charge in [0, 0.05) is 24.6 Å². The van der Waals surface area contributed by atoms with E-state index < -0.39 is 0 Å². The number of methoxy groups -OCH3 is 1. The van der Waals surface area contributed by atoms with Crippen LogP contribution in [-0.2, 0) is 0 Å². The summed E-state index contributed by atoms with van der Waals surface area (Å²) < 4.78 is 5.35. The highest BCUT2D eigenvalue weighted by atomic mass is 16.5. The molecule has 154 valence electrons. The van der Waals surface area contributed by atoms with E-state index in [1.54, 1.807) is 36.3 Å². The van der Waals surface area contributed by atoms with Crippen molar-refractivity contribution in [3.05, 3.63) is 65.0 Å². The number of ether oxygens (including phenoxy) is 1. The highest BCUT2D eigenvalue weighted by Crippen LogP contribution is 2.27. The number of nitrogens with zero attached hydrogens (tertiary/aromatic N) is 3. The van der Waals surface area contributed by atoms with E-state index in [2.05, 4.69) is 9.97 Å². The smallest absolute Gasteiger partial charge is 0.253 e. The molecule has 0 radical (unpaired) electrons. The van der Waals surface area contributed by atoms with Crippen molar-refractivity contribution in [1.82, 2.24) is 14.9 Å². The lowest BCUT2D eigenvalue weighted by Crippen LogP contribution is -2.42. The molecule has 0 aliphatic carbocycles. The molecule has 3 aromatic rings. The molecule has 2 heterocycles. The molecule has 0 spiro atoms. The molecular weight excluding hydrogens is 378 g/mol. The van der Waals surface area contributed by atoms with Gasteiger partial charge in [0.05, 0.1) is 35.1 Å². The minimum atomic E-state index is -0.232. The van der Waals surface area contributed by atoms with Gasteiger partial charge >= 0.3 is 0 Å². The summed E-state index contributed by atoms with van der Waals surface area (Å²) >= 11 is 0. The molecule has 0 bridgehead atoms. The highest BCUT2D eigenvalue weighted by molar-refractivity contribution is 6.01. The van der Waals surface area contributed by atoms with Crippen molar-refractivity contribution in [2.24, 2.45) is 5.92 Å². The van der Waals surface area contributed by atoms with Crippen molar-refractivity contribution >= 4 is 22.7 Å². The lowest BCUT2D eigenvalue weighted by atomic mass is 9.89. The molecule has 4 rings (SSSR count). The predicted molar refractivity (Wildman–Crippen MR) is 115 cm³/mol. The van der Waals surface area contributed by atoms with Crippen LogP contribution < -0.4 is 4.74 Å². The van der Waals surface area contributed by atoms with Crippen molar-refractivity contribution in [1.29, 1.82) is 0 Å². The maximum Gasteiger partial charge on any atom is 0.253 e. The monoisotopic (exact) mass is 403 g/mol. The number of aryl methyl sites for hydroxylation is 2. The van der Waals surface area contributed by atoms with Crippen molar-refractivity contribution < 1.29 is 14.3 Å². The second kappa shape index (κ2) is 8.22. The molecule has 0 saturated carbocycles. The van der Waals surface area contributed by atoms with Crippen LogP contribution in [0.4, 0.5) is 0 Å². The van der Waals surface area contributed by atoms with E-state index in [0.717, 1.165) is 29.7 Å². The van der Waals surface area contributed by atoms with Gasteiger partial charge in [-0.05, 0) is 57.0 Å². The van der Waals surface area contributed by atoms with Gasteiger partial charge in [0.2, 0.25) is 0 Å². The molecule has 2 aromatic carbocycles. The van der Waals surface area contributed by atoms with E-state index in [-0.39, 0.29) is 17.6 Å². The maximum absolute atomic E-state index is 13.2. The van der Waals surface area contributed by atoms with Crippen molar-refractivity contribution in [3.8, 4) is 5.75 Å². The largest absolute Gasteiger partial charge is 0.496 e. The quantitative estimate of drug-likeness (QED) is 0.616. The minimum Gasteiger partial charge on any atom is -0.496 e. The second-order valence-corrected chi connectivity index (χ2v) is 7.75. The standard InChI is InChI=1S/C24H25N3O3/c1-15-16(2)26-21-13-17(10-11-20(21)25-15)24(29)27-12-6-7-18(14-27)23(28)19-8-4-5-9-22(19)30-3/h4-5,8-11,13,18H,6-7,12,14H2,1-3H3. The number of rotatable bonds is 4. The summed E-state index contributed by atoms with van der Waals surface area (Å²) in [6.07, 6.45) is 1.56. The first-order valence-electron chi connectivity index (χ1n) is 10.2. The Morgan fingerprint density at radius 1 is 1.03 bits per heavy atom. The molecule has 1 aliphatic rings. The molecule has 1 unspecified atom stereocenters. The summed E-state index contributed by atoms with van der Waals surface area (Å²) in [5.41, 5.74) is 4.37. The zero-order valence-corrected chi connectivity index (χ0v) is 17.5. The summed E-state index contributed by atoms with van der Waals surface area (Å²) in [5, 5.41) is 0. The van der Waals surface area contributed by atoms with Gasteiger partial charge in [-0.25, -0.2) is 9.97 Å². The minimum absolute atomic E-state index is 0.0282. The van der Waals surface area contributed by atoms with Crippen LogP contribution in [0, 0.1) is 19.8 Å². The van der Waals surface area contributed by atoms with E-state index in [1.165, 1.54) is 0 Å². The van der Waals surface area contributed by atoms with Crippen LogP contribution in [-0.4, -0.2) is 46.8 Å². The van der Waals surface area contributed by atoms with E-state index in [0.29, 0.717) is 35.5 Å². The van der Waals surface area contributed by atoms with Crippen molar-refractivity contribution in [3.63, 3.8) is 0 Å². The molecular formula is C24H25N3O3. The summed E-state index contributed by atoms with van der Waals surface area (Å²) in [6, 6.07) is 12.7. The maximum atomic E-state index is 13.2. The SMILES string of the molecule is COc1ccccc1C(=O)C1CCCN(C(=O)c2ccc3nc(C)c(C)nc3c2)C1. The number of carbonyl (C=O) groups is 2. The third-order valence-electron chi connectivity index (χ3n) is 5.77. The Hall–Kier alpha value is -3.28. The average molecular weight is 403 g/mol. The lowest BCUT2D eigenvalue weighted by molar-refractivity contribution is 0.0636. The number of carbonyl (C=O) groups excluding carboxylic acids is 2. The number of likely N-dealkylation sites (tertiary alicyclic amines) is 1. The Morgan fingerprint density at radius 3 is 2.53 bits per heavy atom. The van der Waals surface area contributed by atoms with Gasteiger partial charge in [-0.15, -0.1) is 0 Å². The fourth-order valence-electron chi connectivity index (χ4n) is 3.99. The molecule has 1 atom stereocenters. The van der Waals surface area contributed by atoms with Gasteiger partial charge in [0.1, 0.15) is 5.75 Å². The molecule has 1 saturated heterocycles. The number of hydrogen-bond acceptors (Lipinski definition) is 5. The predicted octanol–water partition coefficient (Wildman–Crippen LogP) is 3.99. The normalized spacial score (nSPS) is 16.5. The number of ketones is 1. The summed E-state index contributed by atoms with van der Waals surface area (Å²) in [6.45, 7) is 4.89. The number of benzene rings is 2. The van der Waals surface area contributed by atoms with Crippen LogP contribution in [0.3, 0.4) is 0 Å². The number of piperidine rings is 1. The average Bonchev–Trinajstić information content (AvgIpc) is 2.78. The molecule has 0 N–H and O–H groups in total. The van der Waals surface area contributed by atoms with Gasteiger partial charge < -0.3 is 9.64 Å². The molecule has 1 amide bonds. The van der Waals surface area contributed by atoms with Crippen LogP contribution in [0.2, 0.25) is 0 Å². The molecule has 1 aliphatic heterocycles. The first-order valence-corrected chi connectivity index (χ1v) is 10.2. The van der Waals surface area contributed by atoms with Gasteiger partial charge in [-0.1, -0.05) is 12.1 Å². The fourth-order valence-corrected chi connectivity index (χ4v) is 3.99. The van der Waals surface area contributed by atoms with Crippen LogP contribution in [0.5, 0.6) is 5.75 Å². The third-order valence-corrected chi connectivity index (χ3v) is 5.77. The number of aromatic nitrogens is 2. The number of fused-ring (bicyclic) bond motifs is 1. The van der Waals surface area contributed by atoms with Crippen molar-refractivity contribution in [2.45, 2.75) is 26.7 Å². The van der Waals surface area contributed by atoms with Crippen LogP contribution >= 0.6 is 0 Å². The Morgan fingerprint density at radius 2 is 1.77 bits per heavy atom. The van der Waals surface area contributed by atoms with Gasteiger partial charge in [0.25, 0.3) is 5.91 Å². The fraction of sp³-hybridized carbons (Fsp3) is 0.333. The molecule has 6 nitrogen and oxygen atoms in total. The van der Waals surface area contributed by atoms with E-state index in [9.17, 15) is 9.59 Å². The van der Waals surface area contributed by atoms with E-state index >= 15 is 0 Å². The van der Waals surface area contributed by atoms with Gasteiger partial charge in [-0.3, -0.25) is 9.59 Å². The molecule has 6 heteroatoms. The van der Waals surface area contributed by atoms with Crippen molar-refractivity contribution in [2.75, 3.05) is 20.2 Å². The topological polar surface area (TPSA) is 72.4 Å². The van der Waals surface area contributed by atoms with E-state index in [1.807, 2.05) is 32.0 Å². The summed E-state index contributed by atoms with van der Waals surface area (Å²) in [5.74, 6) is 0.295. The Kier molecular flexibility index (Phi) is 5.48.